The summed E-state index contributed by atoms with van der Waals surface area (Å²) in [7, 11) is 0. The molecule has 1 rings (SSSR count). The minimum Gasteiger partial charge on any atom is -0.444 e. The second-order valence-corrected chi connectivity index (χ2v) is 7.91. The number of halogens is 1. The van der Waals surface area contributed by atoms with Crippen molar-refractivity contribution in [2.45, 2.75) is 58.5 Å². The highest BCUT2D eigenvalue weighted by Gasteiger charge is 2.15. The van der Waals surface area contributed by atoms with Gasteiger partial charge < -0.3 is 15.4 Å². The molecule has 1 aromatic rings. The minimum absolute atomic E-state index is 0.0499. The molecule has 0 unspecified atom stereocenters. The van der Waals surface area contributed by atoms with Crippen LogP contribution in [-0.2, 0) is 16.0 Å². The molecule has 2 amide bonds. The van der Waals surface area contributed by atoms with Gasteiger partial charge in [-0.3, -0.25) is 4.79 Å². The second-order valence-electron chi connectivity index (χ2n) is 7.00. The van der Waals surface area contributed by atoms with E-state index in [2.05, 4.69) is 26.6 Å². The summed E-state index contributed by atoms with van der Waals surface area (Å²) in [6.07, 6.45) is 3.93. The van der Waals surface area contributed by atoms with Crippen LogP contribution in [0.1, 0.15) is 52.0 Å². The first-order valence-electron chi connectivity index (χ1n) is 8.74. The van der Waals surface area contributed by atoms with E-state index in [-0.39, 0.29) is 12.0 Å². The normalized spacial score (nSPS) is 11.0. The number of alkyl carbamates (subject to hydrolysis) is 1. The number of hydrogen-bond acceptors (Lipinski definition) is 3. The molecule has 1 aromatic carbocycles. The van der Waals surface area contributed by atoms with Gasteiger partial charge >= 0.3 is 6.09 Å². The molecule has 0 saturated carbocycles. The first-order chi connectivity index (χ1) is 11.8. The number of benzene rings is 1. The number of ether oxygens (including phenoxy) is 1. The van der Waals surface area contributed by atoms with E-state index in [9.17, 15) is 9.59 Å². The van der Waals surface area contributed by atoms with E-state index in [4.69, 9.17) is 4.74 Å². The lowest BCUT2D eigenvalue weighted by Gasteiger charge is -2.19. The molecule has 2 N–H and O–H groups in total. The average Bonchev–Trinajstić information content (AvgIpc) is 2.50. The summed E-state index contributed by atoms with van der Waals surface area (Å²) in [5.41, 5.74) is 0.548. The van der Waals surface area contributed by atoms with E-state index in [0.29, 0.717) is 19.5 Å². The maximum absolute atomic E-state index is 11.8. The van der Waals surface area contributed by atoms with Crippen molar-refractivity contribution in [2.75, 3.05) is 13.1 Å². The van der Waals surface area contributed by atoms with Gasteiger partial charge in [-0.2, -0.15) is 0 Å². The molecule has 0 bridgehead atoms. The Labute approximate surface area is 159 Å². The lowest BCUT2D eigenvalue weighted by Crippen LogP contribution is -2.33. The van der Waals surface area contributed by atoms with Crippen LogP contribution >= 0.6 is 15.9 Å². The van der Waals surface area contributed by atoms with Gasteiger partial charge in [0, 0.05) is 17.6 Å². The maximum Gasteiger partial charge on any atom is 0.407 e. The molecular weight excluding hydrogens is 384 g/mol. The standard InChI is InChI=1S/C19H29BrN2O3/c1-19(2,3)25-18(24)22-13-7-5-4-6-12-21-17(23)14-15-8-10-16(20)11-9-15/h8-11H,4-7,12-14H2,1-3H3,(H,21,23)(H,22,24). The molecule has 0 saturated heterocycles. The molecule has 0 radical (unpaired) electrons. The van der Waals surface area contributed by atoms with Crippen LogP contribution in [0, 0.1) is 0 Å². The number of carbonyl (C=O) groups excluding carboxylic acids is 2. The molecule has 0 aliphatic heterocycles. The molecule has 6 heteroatoms. The van der Waals surface area contributed by atoms with Gasteiger partial charge in [-0.1, -0.05) is 40.9 Å². The predicted molar refractivity (Wildman–Crippen MR) is 104 cm³/mol. The van der Waals surface area contributed by atoms with Crippen LogP contribution in [0.3, 0.4) is 0 Å². The van der Waals surface area contributed by atoms with Crippen molar-refractivity contribution in [1.29, 1.82) is 0 Å². The van der Waals surface area contributed by atoms with Gasteiger partial charge in [0.2, 0.25) is 5.91 Å². The third kappa shape index (κ3) is 11.6. The zero-order chi connectivity index (χ0) is 18.7. The van der Waals surface area contributed by atoms with Crippen molar-refractivity contribution in [1.82, 2.24) is 10.6 Å². The molecule has 0 heterocycles. The molecule has 0 aliphatic rings. The summed E-state index contributed by atoms with van der Waals surface area (Å²) < 4.78 is 6.18. The van der Waals surface area contributed by atoms with Crippen LogP contribution in [0.4, 0.5) is 4.79 Å². The Bertz CT molecular complexity index is 539. The molecule has 140 valence electrons. The molecule has 5 nitrogen and oxygen atoms in total. The zero-order valence-corrected chi connectivity index (χ0v) is 16.9. The SMILES string of the molecule is CC(C)(C)OC(=O)NCCCCCCNC(=O)Cc1ccc(Br)cc1. The lowest BCUT2D eigenvalue weighted by molar-refractivity contribution is -0.120. The molecule has 0 aliphatic carbocycles. The van der Waals surface area contributed by atoms with Gasteiger partial charge in [0.15, 0.2) is 0 Å². The Balaban J connectivity index is 1.98. The van der Waals surface area contributed by atoms with Crippen LogP contribution in [0.2, 0.25) is 0 Å². The smallest absolute Gasteiger partial charge is 0.407 e. The van der Waals surface area contributed by atoms with Crippen LogP contribution in [0.5, 0.6) is 0 Å². The summed E-state index contributed by atoms with van der Waals surface area (Å²) in [6.45, 7) is 6.84. The van der Waals surface area contributed by atoms with Crippen molar-refractivity contribution < 1.29 is 14.3 Å². The number of carbonyl (C=O) groups is 2. The summed E-state index contributed by atoms with van der Waals surface area (Å²) in [4.78, 5) is 23.3. The van der Waals surface area contributed by atoms with Crippen molar-refractivity contribution in [3.63, 3.8) is 0 Å². The van der Waals surface area contributed by atoms with Gasteiger partial charge in [0.05, 0.1) is 6.42 Å². The van der Waals surface area contributed by atoms with Gasteiger partial charge in [0.25, 0.3) is 0 Å². The highest BCUT2D eigenvalue weighted by atomic mass is 79.9. The number of unbranched alkanes of at least 4 members (excludes halogenated alkanes) is 3. The Morgan fingerprint density at radius 1 is 0.960 bits per heavy atom. The van der Waals surface area contributed by atoms with Crippen LogP contribution in [0.25, 0.3) is 0 Å². The van der Waals surface area contributed by atoms with Gasteiger partial charge in [-0.05, 0) is 51.3 Å². The summed E-state index contributed by atoms with van der Waals surface area (Å²) in [5, 5.41) is 5.69. The van der Waals surface area contributed by atoms with Gasteiger partial charge in [-0.25, -0.2) is 4.79 Å². The minimum atomic E-state index is -0.460. The van der Waals surface area contributed by atoms with Crippen molar-refractivity contribution >= 4 is 27.9 Å². The quantitative estimate of drug-likeness (QED) is 0.597. The number of nitrogens with one attached hydrogen (secondary N) is 2. The summed E-state index contributed by atoms with van der Waals surface area (Å²) >= 11 is 3.38. The van der Waals surface area contributed by atoms with Crippen LogP contribution < -0.4 is 10.6 Å². The predicted octanol–water partition coefficient (Wildman–Crippen LogP) is 4.19. The average molecular weight is 413 g/mol. The van der Waals surface area contributed by atoms with E-state index < -0.39 is 5.60 Å². The Morgan fingerprint density at radius 2 is 1.52 bits per heavy atom. The molecule has 0 aromatic heterocycles. The third-order valence-electron chi connectivity index (χ3n) is 3.37. The summed E-state index contributed by atoms with van der Waals surface area (Å²) in [5.74, 6) is 0.0499. The number of rotatable bonds is 9. The second kappa shape index (κ2) is 11.1. The third-order valence-corrected chi connectivity index (χ3v) is 3.90. The van der Waals surface area contributed by atoms with E-state index in [1.807, 2.05) is 45.0 Å². The monoisotopic (exact) mass is 412 g/mol. The zero-order valence-electron chi connectivity index (χ0n) is 15.4. The topological polar surface area (TPSA) is 67.4 Å². The largest absolute Gasteiger partial charge is 0.444 e. The Morgan fingerprint density at radius 3 is 2.08 bits per heavy atom. The molecule has 0 spiro atoms. The fourth-order valence-electron chi connectivity index (χ4n) is 2.19. The van der Waals surface area contributed by atoms with Crippen molar-refractivity contribution in [3.8, 4) is 0 Å². The highest BCUT2D eigenvalue weighted by molar-refractivity contribution is 9.10. The first-order valence-corrected chi connectivity index (χ1v) is 9.53. The van der Waals surface area contributed by atoms with E-state index in [1.165, 1.54) is 0 Å². The molecule has 0 fully saturated rings. The van der Waals surface area contributed by atoms with Gasteiger partial charge in [0.1, 0.15) is 5.60 Å². The number of amides is 2. The molecular formula is C19H29BrN2O3. The fraction of sp³-hybridized carbons (Fsp3) is 0.579. The van der Waals surface area contributed by atoms with Crippen molar-refractivity contribution in [3.05, 3.63) is 34.3 Å². The lowest BCUT2D eigenvalue weighted by atomic mass is 10.1. The van der Waals surface area contributed by atoms with Crippen LogP contribution in [0.15, 0.2) is 28.7 Å². The Hall–Kier alpha value is -1.56. The van der Waals surface area contributed by atoms with E-state index >= 15 is 0 Å². The maximum atomic E-state index is 11.8. The van der Waals surface area contributed by atoms with Crippen molar-refractivity contribution in [2.24, 2.45) is 0 Å². The van der Waals surface area contributed by atoms with Crippen LogP contribution in [-0.4, -0.2) is 30.7 Å². The van der Waals surface area contributed by atoms with E-state index in [0.717, 1.165) is 35.7 Å². The molecule has 0 atom stereocenters. The number of hydrogen-bond donors (Lipinski definition) is 2. The first kappa shape index (κ1) is 21.5. The molecule has 25 heavy (non-hydrogen) atoms. The van der Waals surface area contributed by atoms with Gasteiger partial charge in [-0.15, -0.1) is 0 Å². The highest BCUT2D eigenvalue weighted by Crippen LogP contribution is 2.11. The summed E-state index contributed by atoms with van der Waals surface area (Å²) in [6, 6.07) is 7.77. The fourth-order valence-corrected chi connectivity index (χ4v) is 2.45. The Kier molecular flexibility index (Phi) is 9.57. The van der Waals surface area contributed by atoms with E-state index in [1.54, 1.807) is 0 Å².